The monoisotopic (exact) mass is 253 g/mol. The number of carboxylic acids is 1. The molecule has 1 amide bonds. The van der Waals surface area contributed by atoms with Crippen molar-refractivity contribution in [2.24, 2.45) is 5.92 Å². The Hall–Kier alpha value is -2.12. The highest BCUT2D eigenvalue weighted by Crippen LogP contribution is 2.24. The number of hydrogen-bond donors (Lipinski definition) is 4. The Morgan fingerprint density at radius 3 is 2.50 bits per heavy atom. The number of nitrogens with zero attached hydrogens (tertiary/aromatic N) is 2. The van der Waals surface area contributed by atoms with E-state index in [1.807, 2.05) is 0 Å². The molecule has 8 heteroatoms. The summed E-state index contributed by atoms with van der Waals surface area (Å²) in [5.41, 5.74) is 5.30. The van der Waals surface area contributed by atoms with Gasteiger partial charge in [0.2, 0.25) is 11.8 Å². The molecular weight excluding hydrogens is 238 g/mol. The second-order valence-corrected chi connectivity index (χ2v) is 4.40. The zero-order valence-electron chi connectivity index (χ0n) is 9.72. The number of anilines is 1. The number of amides is 1. The highest BCUT2D eigenvalue weighted by molar-refractivity contribution is 5.90. The van der Waals surface area contributed by atoms with Gasteiger partial charge in [-0.3, -0.25) is 14.7 Å². The molecular formula is C10H15N5O3. The van der Waals surface area contributed by atoms with E-state index in [0.717, 1.165) is 0 Å². The number of rotatable bonds is 3. The molecule has 0 atom stereocenters. The highest BCUT2D eigenvalue weighted by Gasteiger charge is 2.27. The predicted molar refractivity (Wildman–Crippen MR) is 61.6 cm³/mol. The number of carboxylic acid groups (broad SMARTS) is 1. The van der Waals surface area contributed by atoms with Gasteiger partial charge in [0.25, 0.3) is 5.91 Å². The van der Waals surface area contributed by atoms with Crippen molar-refractivity contribution in [3.8, 4) is 0 Å². The lowest BCUT2D eigenvalue weighted by molar-refractivity contribution is -0.142. The maximum atomic E-state index is 11.7. The smallest absolute Gasteiger partial charge is 0.306 e. The third kappa shape index (κ3) is 2.76. The molecule has 1 aromatic rings. The zero-order chi connectivity index (χ0) is 13.1. The summed E-state index contributed by atoms with van der Waals surface area (Å²) in [7, 11) is 0. The number of H-pyrrole nitrogens is 1. The molecule has 1 saturated carbocycles. The largest absolute Gasteiger partial charge is 0.481 e. The van der Waals surface area contributed by atoms with Gasteiger partial charge in [-0.1, -0.05) is 0 Å². The molecule has 18 heavy (non-hydrogen) atoms. The molecule has 0 aliphatic heterocycles. The minimum absolute atomic E-state index is 0.0144. The van der Waals surface area contributed by atoms with E-state index in [1.54, 1.807) is 0 Å². The zero-order valence-corrected chi connectivity index (χ0v) is 9.72. The van der Waals surface area contributed by atoms with Gasteiger partial charge in [0.15, 0.2) is 0 Å². The van der Waals surface area contributed by atoms with Crippen LogP contribution in [0.2, 0.25) is 0 Å². The van der Waals surface area contributed by atoms with Gasteiger partial charge in [0.1, 0.15) is 0 Å². The number of aromatic amines is 1. The molecule has 1 fully saturated rings. The molecule has 0 radical (unpaired) electrons. The Kier molecular flexibility index (Phi) is 3.45. The third-order valence-electron chi connectivity index (χ3n) is 3.13. The van der Waals surface area contributed by atoms with Gasteiger partial charge in [-0.25, -0.2) is 0 Å². The number of aromatic nitrogens is 3. The minimum Gasteiger partial charge on any atom is -0.481 e. The first-order chi connectivity index (χ1) is 8.56. The van der Waals surface area contributed by atoms with Gasteiger partial charge in [-0.2, -0.15) is 4.98 Å². The fourth-order valence-electron chi connectivity index (χ4n) is 2.11. The Labute approximate surface area is 103 Å². The van der Waals surface area contributed by atoms with Crippen LogP contribution in [-0.4, -0.2) is 38.2 Å². The van der Waals surface area contributed by atoms with Crippen LogP contribution in [0.4, 0.5) is 5.95 Å². The standard InChI is InChI=1S/C10H15N5O3/c11-10-13-7(14-15-10)8(16)12-6-3-1-5(2-4-6)9(17)18/h5-6H,1-4H2,(H,12,16)(H,17,18)(H3,11,13,14,15). The van der Waals surface area contributed by atoms with E-state index in [4.69, 9.17) is 10.8 Å². The third-order valence-corrected chi connectivity index (χ3v) is 3.13. The summed E-state index contributed by atoms with van der Waals surface area (Å²) in [6.45, 7) is 0. The Morgan fingerprint density at radius 1 is 1.33 bits per heavy atom. The quantitative estimate of drug-likeness (QED) is 0.587. The summed E-state index contributed by atoms with van der Waals surface area (Å²) in [6.07, 6.45) is 2.48. The maximum absolute atomic E-state index is 11.7. The molecule has 0 saturated heterocycles. The molecule has 1 heterocycles. The summed E-state index contributed by atoms with van der Waals surface area (Å²) >= 11 is 0. The van der Waals surface area contributed by atoms with E-state index in [-0.39, 0.29) is 29.6 Å². The number of carbonyl (C=O) groups excluding carboxylic acids is 1. The summed E-state index contributed by atoms with van der Waals surface area (Å²) in [4.78, 5) is 26.2. The molecule has 1 aliphatic rings. The lowest BCUT2D eigenvalue weighted by Crippen LogP contribution is -2.39. The molecule has 98 valence electrons. The van der Waals surface area contributed by atoms with Crippen LogP contribution in [0.25, 0.3) is 0 Å². The van der Waals surface area contributed by atoms with Crippen molar-refractivity contribution in [3.63, 3.8) is 0 Å². The van der Waals surface area contributed by atoms with Crippen molar-refractivity contribution < 1.29 is 14.7 Å². The second kappa shape index (κ2) is 5.03. The summed E-state index contributed by atoms with van der Waals surface area (Å²) in [5.74, 6) is -1.32. The van der Waals surface area contributed by atoms with Crippen LogP contribution in [0.15, 0.2) is 0 Å². The molecule has 5 N–H and O–H groups in total. The van der Waals surface area contributed by atoms with Crippen molar-refractivity contribution in [3.05, 3.63) is 5.82 Å². The Balaban J connectivity index is 1.85. The highest BCUT2D eigenvalue weighted by atomic mass is 16.4. The van der Waals surface area contributed by atoms with E-state index in [9.17, 15) is 9.59 Å². The molecule has 1 aliphatic carbocycles. The Bertz CT molecular complexity index is 450. The Morgan fingerprint density at radius 2 is 2.00 bits per heavy atom. The van der Waals surface area contributed by atoms with Crippen LogP contribution >= 0.6 is 0 Å². The van der Waals surface area contributed by atoms with Gasteiger partial charge in [-0.05, 0) is 25.7 Å². The van der Waals surface area contributed by atoms with E-state index >= 15 is 0 Å². The molecule has 0 unspecified atom stereocenters. The van der Waals surface area contributed by atoms with Crippen molar-refractivity contribution >= 4 is 17.8 Å². The first-order valence-electron chi connectivity index (χ1n) is 5.78. The van der Waals surface area contributed by atoms with Crippen molar-refractivity contribution in [1.82, 2.24) is 20.5 Å². The van der Waals surface area contributed by atoms with E-state index in [0.29, 0.717) is 25.7 Å². The fraction of sp³-hybridized carbons (Fsp3) is 0.600. The minimum atomic E-state index is -0.761. The number of nitrogen functional groups attached to an aromatic ring is 1. The predicted octanol–water partition coefficient (Wildman–Crippen LogP) is -0.240. The molecule has 0 aromatic carbocycles. The van der Waals surface area contributed by atoms with Crippen LogP contribution in [-0.2, 0) is 4.79 Å². The molecule has 2 rings (SSSR count). The summed E-state index contributed by atoms with van der Waals surface area (Å²) < 4.78 is 0. The fourth-order valence-corrected chi connectivity index (χ4v) is 2.11. The molecule has 0 spiro atoms. The normalized spacial score (nSPS) is 23.6. The average molecular weight is 253 g/mol. The number of aliphatic carboxylic acids is 1. The first kappa shape index (κ1) is 12.3. The van der Waals surface area contributed by atoms with Crippen LogP contribution in [0.5, 0.6) is 0 Å². The summed E-state index contributed by atoms with van der Waals surface area (Å²) in [5, 5.41) is 17.6. The lowest BCUT2D eigenvalue weighted by Gasteiger charge is -2.26. The van der Waals surface area contributed by atoms with Crippen molar-refractivity contribution in [1.29, 1.82) is 0 Å². The number of nitrogens with two attached hydrogens (primary N) is 1. The van der Waals surface area contributed by atoms with Crippen LogP contribution in [0.1, 0.15) is 36.3 Å². The van der Waals surface area contributed by atoms with Crippen LogP contribution in [0.3, 0.4) is 0 Å². The maximum Gasteiger partial charge on any atom is 0.306 e. The van der Waals surface area contributed by atoms with Crippen LogP contribution in [0, 0.1) is 5.92 Å². The average Bonchev–Trinajstić information content (AvgIpc) is 2.76. The van der Waals surface area contributed by atoms with E-state index in [2.05, 4.69) is 20.5 Å². The number of carbonyl (C=O) groups is 2. The first-order valence-corrected chi connectivity index (χ1v) is 5.78. The SMILES string of the molecule is Nc1n[nH]c(C(=O)NC2CCC(C(=O)O)CC2)n1. The topological polar surface area (TPSA) is 134 Å². The van der Waals surface area contributed by atoms with Crippen molar-refractivity contribution in [2.75, 3.05) is 5.73 Å². The van der Waals surface area contributed by atoms with Gasteiger partial charge >= 0.3 is 5.97 Å². The summed E-state index contributed by atoms with van der Waals surface area (Å²) in [6, 6.07) is -0.0144. The van der Waals surface area contributed by atoms with E-state index in [1.165, 1.54) is 0 Å². The molecule has 0 bridgehead atoms. The van der Waals surface area contributed by atoms with Gasteiger partial charge in [0, 0.05) is 6.04 Å². The van der Waals surface area contributed by atoms with Gasteiger partial charge in [0.05, 0.1) is 5.92 Å². The molecule has 8 nitrogen and oxygen atoms in total. The van der Waals surface area contributed by atoms with E-state index < -0.39 is 5.97 Å². The second-order valence-electron chi connectivity index (χ2n) is 4.40. The van der Waals surface area contributed by atoms with Crippen LogP contribution < -0.4 is 11.1 Å². The number of nitrogens with one attached hydrogen (secondary N) is 2. The van der Waals surface area contributed by atoms with Gasteiger partial charge < -0.3 is 16.2 Å². The van der Waals surface area contributed by atoms with Crippen molar-refractivity contribution in [2.45, 2.75) is 31.7 Å². The van der Waals surface area contributed by atoms with Gasteiger partial charge in [-0.15, -0.1) is 5.10 Å². The number of hydrogen-bond acceptors (Lipinski definition) is 5. The lowest BCUT2D eigenvalue weighted by atomic mass is 9.86. The molecule has 1 aromatic heterocycles.